The zero-order valence-electron chi connectivity index (χ0n) is 36.1. The molecule has 0 aromatic rings. The summed E-state index contributed by atoms with van der Waals surface area (Å²) in [5.41, 5.74) is 0. The van der Waals surface area contributed by atoms with Gasteiger partial charge in [-0.3, -0.25) is 4.79 Å². The Bertz CT molecular complexity index is 930. The van der Waals surface area contributed by atoms with Gasteiger partial charge in [0, 0.05) is 6.42 Å². The number of aliphatic hydroxyl groups is 5. The quantitative estimate of drug-likeness (QED) is 0.0266. The van der Waals surface area contributed by atoms with Crippen LogP contribution >= 0.6 is 0 Å². The third-order valence-corrected chi connectivity index (χ3v) is 11.3. The average Bonchev–Trinajstić information content (AvgIpc) is 3.20. The SMILES string of the molecule is CCCCCC/C=C/CC/C=C/[C@@H](O)[C@H](CO[C@H]1O[C@@H](CO)[C@H](O)C(O)C1O)NC(=O)CCCCCCCCCCCCCCCCCCCCCCCCC. The maximum absolute atomic E-state index is 12.9. The van der Waals surface area contributed by atoms with Crippen LogP contribution in [0.3, 0.4) is 0 Å². The molecule has 0 radical (unpaired) electrons. The maximum atomic E-state index is 12.9. The van der Waals surface area contributed by atoms with Crippen LogP contribution in [0.5, 0.6) is 0 Å². The Balaban J connectivity index is 2.24. The number of hydrogen-bond donors (Lipinski definition) is 6. The van der Waals surface area contributed by atoms with Crippen LogP contribution in [0.25, 0.3) is 0 Å². The largest absolute Gasteiger partial charge is 0.394 e. The Hall–Kier alpha value is -1.33. The summed E-state index contributed by atoms with van der Waals surface area (Å²) in [4.78, 5) is 12.9. The first-order valence-corrected chi connectivity index (χ1v) is 23.6. The molecule has 0 bridgehead atoms. The number of ether oxygens (including phenoxy) is 2. The van der Waals surface area contributed by atoms with Gasteiger partial charge in [-0.25, -0.2) is 0 Å². The smallest absolute Gasteiger partial charge is 0.220 e. The molecule has 7 atom stereocenters. The molecule has 1 rings (SSSR count). The van der Waals surface area contributed by atoms with E-state index >= 15 is 0 Å². The molecule has 2 unspecified atom stereocenters. The third kappa shape index (κ3) is 28.2. The van der Waals surface area contributed by atoms with Crippen molar-refractivity contribution in [3.63, 3.8) is 0 Å². The third-order valence-electron chi connectivity index (χ3n) is 11.3. The standard InChI is InChI=1S/C47H89NO8/c1-3-5-7-9-11-13-15-16-17-18-19-20-21-22-23-24-25-26-27-29-31-33-35-37-43(51)48-40(39-55-47-46(54)45(53)44(52)42(38-49)56-47)41(50)36-34-32-30-28-14-12-10-8-6-4-2/h14,28,34,36,40-42,44-47,49-50,52-54H,3-13,15-27,29-33,35,37-39H2,1-2H3,(H,48,51)/b28-14+,36-34+/t40-,41+,42-,44-,45?,46?,47-/m0/s1. The summed E-state index contributed by atoms with van der Waals surface area (Å²) in [5, 5.41) is 54.0. The number of nitrogens with one attached hydrogen (secondary N) is 1. The number of hydrogen-bond acceptors (Lipinski definition) is 8. The Morgan fingerprint density at radius 2 is 1.02 bits per heavy atom. The van der Waals surface area contributed by atoms with Gasteiger partial charge in [-0.05, 0) is 32.1 Å². The summed E-state index contributed by atoms with van der Waals surface area (Å²) >= 11 is 0. The molecule has 1 aliphatic heterocycles. The van der Waals surface area contributed by atoms with E-state index in [0.29, 0.717) is 6.42 Å². The molecule has 1 amide bonds. The van der Waals surface area contributed by atoms with Gasteiger partial charge in [0.15, 0.2) is 6.29 Å². The van der Waals surface area contributed by atoms with Crippen molar-refractivity contribution in [1.29, 1.82) is 0 Å². The molecule has 0 spiro atoms. The van der Waals surface area contributed by atoms with Gasteiger partial charge >= 0.3 is 0 Å². The van der Waals surface area contributed by atoms with E-state index in [4.69, 9.17) is 9.47 Å². The summed E-state index contributed by atoms with van der Waals surface area (Å²) in [6.07, 6.45) is 38.2. The summed E-state index contributed by atoms with van der Waals surface area (Å²) in [7, 11) is 0. The molecule has 56 heavy (non-hydrogen) atoms. The second kappa shape index (κ2) is 37.9. The predicted molar refractivity (Wildman–Crippen MR) is 230 cm³/mol. The maximum Gasteiger partial charge on any atom is 0.220 e. The number of allylic oxidation sites excluding steroid dienone is 3. The second-order valence-electron chi connectivity index (χ2n) is 16.5. The van der Waals surface area contributed by atoms with Crippen molar-refractivity contribution in [3.8, 4) is 0 Å². The van der Waals surface area contributed by atoms with E-state index in [1.54, 1.807) is 6.08 Å². The Morgan fingerprint density at radius 1 is 0.589 bits per heavy atom. The van der Waals surface area contributed by atoms with Crippen molar-refractivity contribution in [2.75, 3.05) is 13.2 Å². The molecule has 330 valence electrons. The molecule has 9 heteroatoms. The van der Waals surface area contributed by atoms with Crippen LogP contribution in [-0.2, 0) is 14.3 Å². The highest BCUT2D eigenvalue weighted by atomic mass is 16.7. The van der Waals surface area contributed by atoms with Crippen molar-refractivity contribution in [3.05, 3.63) is 24.3 Å². The minimum atomic E-state index is -1.57. The van der Waals surface area contributed by atoms with Crippen molar-refractivity contribution in [2.24, 2.45) is 0 Å². The summed E-state index contributed by atoms with van der Waals surface area (Å²) in [6.45, 7) is 3.73. The number of carbonyl (C=O) groups is 1. The van der Waals surface area contributed by atoms with Crippen LogP contribution in [0.4, 0.5) is 0 Å². The van der Waals surface area contributed by atoms with Crippen LogP contribution < -0.4 is 5.32 Å². The Morgan fingerprint density at radius 3 is 1.50 bits per heavy atom. The van der Waals surface area contributed by atoms with E-state index in [1.807, 2.05) is 6.08 Å². The van der Waals surface area contributed by atoms with Gasteiger partial charge in [-0.1, -0.05) is 199 Å². The van der Waals surface area contributed by atoms with Gasteiger partial charge in [0.25, 0.3) is 0 Å². The van der Waals surface area contributed by atoms with Gasteiger partial charge < -0.3 is 40.3 Å². The molecule has 1 saturated heterocycles. The molecular weight excluding hydrogens is 707 g/mol. The fourth-order valence-corrected chi connectivity index (χ4v) is 7.47. The molecule has 1 heterocycles. The fraction of sp³-hybridized carbons (Fsp3) is 0.894. The first-order chi connectivity index (χ1) is 27.3. The molecule has 0 saturated carbocycles. The van der Waals surface area contributed by atoms with E-state index in [2.05, 4.69) is 31.3 Å². The lowest BCUT2D eigenvalue weighted by molar-refractivity contribution is -0.302. The molecule has 0 aromatic carbocycles. The van der Waals surface area contributed by atoms with Crippen LogP contribution in [0.1, 0.15) is 213 Å². The number of carbonyl (C=O) groups excluding carboxylic acids is 1. The fourth-order valence-electron chi connectivity index (χ4n) is 7.47. The number of rotatable bonds is 39. The van der Waals surface area contributed by atoms with E-state index in [-0.39, 0.29) is 12.5 Å². The minimum absolute atomic E-state index is 0.186. The van der Waals surface area contributed by atoms with E-state index in [9.17, 15) is 30.3 Å². The molecule has 1 aliphatic rings. The van der Waals surface area contributed by atoms with Gasteiger partial charge in [-0.2, -0.15) is 0 Å². The van der Waals surface area contributed by atoms with Crippen LogP contribution in [0.15, 0.2) is 24.3 Å². The van der Waals surface area contributed by atoms with Gasteiger partial charge in [0.2, 0.25) is 5.91 Å². The highest BCUT2D eigenvalue weighted by Gasteiger charge is 2.44. The van der Waals surface area contributed by atoms with Crippen molar-refractivity contribution in [2.45, 2.75) is 256 Å². The van der Waals surface area contributed by atoms with E-state index in [1.165, 1.54) is 154 Å². The highest BCUT2D eigenvalue weighted by molar-refractivity contribution is 5.76. The first kappa shape index (κ1) is 52.7. The second-order valence-corrected chi connectivity index (χ2v) is 16.5. The minimum Gasteiger partial charge on any atom is -0.394 e. The van der Waals surface area contributed by atoms with E-state index in [0.717, 1.165) is 38.5 Å². The van der Waals surface area contributed by atoms with Crippen molar-refractivity contribution in [1.82, 2.24) is 5.32 Å². The molecule has 0 aliphatic carbocycles. The zero-order chi connectivity index (χ0) is 40.9. The Labute approximate surface area is 343 Å². The normalized spacial score (nSPS) is 21.3. The summed E-state index contributed by atoms with van der Waals surface area (Å²) < 4.78 is 11.2. The molecule has 9 nitrogen and oxygen atoms in total. The average molecular weight is 796 g/mol. The van der Waals surface area contributed by atoms with Crippen molar-refractivity contribution >= 4 is 5.91 Å². The Kier molecular flexibility index (Phi) is 35.7. The highest BCUT2D eigenvalue weighted by Crippen LogP contribution is 2.23. The first-order valence-electron chi connectivity index (χ1n) is 23.6. The van der Waals surface area contributed by atoms with Gasteiger partial charge in [-0.15, -0.1) is 0 Å². The molecule has 6 N–H and O–H groups in total. The topological polar surface area (TPSA) is 149 Å². The number of unbranched alkanes of at least 4 members (excludes halogenated alkanes) is 27. The lowest BCUT2D eigenvalue weighted by Gasteiger charge is -2.40. The van der Waals surface area contributed by atoms with Gasteiger partial charge in [0.05, 0.1) is 25.4 Å². The number of aliphatic hydroxyl groups excluding tert-OH is 5. The monoisotopic (exact) mass is 796 g/mol. The lowest BCUT2D eigenvalue weighted by Crippen LogP contribution is -2.60. The lowest BCUT2D eigenvalue weighted by atomic mass is 9.99. The summed E-state index contributed by atoms with van der Waals surface area (Å²) in [5.74, 6) is -0.186. The van der Waals surface area contributed by atoms with E-state index < -0.39 is 49.5 Å². The van der Waals surface area contributed by atoms with Crippen molar-refractivity contribution < 1.29 is 39.8 Å². The van der Waals surface area contributed by atoms with Crippen LogP contribution in [-0.4, -0.2) is 87.5 Å². The predicted octanol–water partition coefficient (Wildman–Crippen LogP) is 9.89. The zero-order valence-corrected chi connectivity index (χ0v) is 36.1. The van der Waals surface area contributed by atoms with Gasteiger partial charge in [0.1, 0.15) is 24.4 Å². The molecule has 0 aromatic heterocycles. The number of amides is 1. The molecular formula is C47H89NO8. The van der Waals surface area contributed by atoms with Crippen LogP contribution in [0.2, 0.25) is 0 Å². The summed E-state index contributed by atoms with van der Waals surface area (Å²) in [6, 6.07) is -0.815. The molecule has 1 fully saturated rings. The van der Waals surface area contributed by atoms with Crippen LogP contribution in [0, 0.1) is 0 Å².